The molecule has 0 aromatic carbocycles. The van der Waals surface area contributed by atoms with E-state index in [0.29, 0.717) is 23.9 Å². The summed E-state index contributed by atoms with van der Waals surface area (Å²) in [6.45, 7) is 15.4. The lowest BCUT2D eigenvalue weighted by Gasteiger charge is -2.58. The topological polar surface area (TPSA) is 20.2 Å². The molecule has 0 spiro atoms. The van der Waals surface area contributed by atoms with Crippen molar-refractivity contribution in [1.29, 1.82) is 0 Å². The minimum Gasteiger partial charge on any atom is -0.396 e. The van der Waals surface area contributed by atoms with Crippen LogP contribution in [0.1, 0.15) is 59.3 Å². The summed E-state index contributed by atoms with van der Waals surface area (Å²) in [6.07, 6.45) is 11.3. The van der Waals surface area contributed by atoms with E-state index in [1.807, 2.05) is 6.08 Å². The molecule has 0 bridgehead atoms. The Hall–Kier alpha value is -0.820. The number of rotatable bonds is 4. The van der Waals surface area contributed by atoms with E-state index >= 15 is 0 Å². The van der Waals surface area contributed by atoms with Gasteiger partial charge in [-0.2, -0.15) is 0 Å². The molecule has 0 aliphatic heterocycles. The van der Waals surface area contributed by atoms with Crippen molar-refractivity contribution in [2.24, 2.45) is 22.7 Å². The quantitative estimate of drug-likeness (QED) is 0.551. The summed E-state index contributed by atoms with van der Waals surface area (Å²) >= 11 is 0. The predicted octanol–water partition coefficient (Wildman–Crippen LogP) is 5.28. The van der Waals surface area contributed by atoms with E-state index in [1.165, 1.54) is 36.8 Å². The maximum Gasteiger partial charge on any atom is 0.0487 e. The highest BCUT2D eigenvalue weighted by Gasteiger charge is 2.53. The van der Waals surface area contributed by atoms with E-state index in [4.69, 9.17) is 0 Å². The molecule has 2 rings (SSSR count). The molecule has 1 nitrogen and oxygen atoms in total. The van der Waals surface area contributed by atoms with Crippen LogP contribution in [0.2, 0.25) is 0 Å². The molecule has 118 valence electrons. The van der Waals surface area contributed by atoms with Crippen molar-refractivity contribution in [3.63, 3.8) is 0 Å². The SMILES string of the molecule is C=CC(C)=CC[C@H]1C(=C)CC[C@H]2[C@](C)(CO)CCC[C@]12C. The van der Waals surface area contributed by atoms with Gasteiger partial charge < -0.3 is 5.11 Å². The van der Waals surface area contributed by atoms with Gasteiger partial charge in [-0.15, -0.1) is 0 Å². The maximum absolute atomic E-state index is 9.96. The van der Waals surface area contributed by atoms with E-state index in [9.17, 15) is 5.11 Å². The zero-order chi connectivity index (χ0) is 15.7. The lowest BCUT2D eigenvalue weighted by molar-refractivity contribution is -0.0837. The Morgan fingerprint density at radius 2 is 2.10 bits per heavy atom. The molecule has 0 unspecified atom stereocenters. The van der Waals surface area contributed by atoms with Gasteiger partial charge in [0.05, 0.1) is 0 Å². The van der Waals surface area contributed by atoms with Crippen LogP contribution in [0.4, 0.5) is 0 Å². The fraction of sp³-hybridized carbons (Fsp3) is 0.700. The molecule has 2 aliphatic rings. The molecule has 21 heavy (non-hydrogen) atoms. The van der Waals surface area contributed by atoms with Crippen molar-refractivity contribution < 1.29 is 5.11 Å². The van der Waals surface area contributed by atoms with E-state index in [0.717, 1.165) is 12.8 Å². The van der Waals surface area contributed by atoms with Gasteiger partial charge in [0, 0.05) is 6.61 Å². The van der Waals surface area contributed by atoms with Crippen LogP contribution < -0.4 is 0 Å². The molecule has 0 radical (unpaired) electrons. The van der Waals surface area contributed by atoms with Crippen molar-refractivity contribution in [2.45, 2.75) is 59.3 Å². The molecule has 0 heterocycles. The summed E-state index contributed by atoms with van der Waals surface area (Å²) in [6, 6.07) is 0. The normalized spacial score (nSPS) is 40.8. The molecule has 1 N–H and O–H groups in total. The first-order valence-corrected chi connectivity index (χ1v) is 8.45. The van der Waals surface area contributed by atoms with Crippen LogP contribution >= 0.6 is 0 Å². The molecule has 4 atom stereocenters. The third kappa shape index (κ3) is 2.90. The molecule has 0 aromatic heterocycles. The third-order valence-corrected chi connectivity index (χ3v) is 6.50. The van der Waals surface area contributed by atoms with Gasteiger partial charge in [-0.1, -0.05) is 56.7 Å². The summed E-state index contributed by atoms with van der Waals surface area (Å²) in [5.41, 5.74) is 3.07. The fourth-order valence-electron chi connectivity index (χ4n) is 5.10. The van der Waals surface area contributed by atoms with Gasteiger partial charge in [0.1, 0.15) is 0 Å². The van der Waals surface area contributed by atoms with E-state index in [-0.39, 0.29) is 5.41 Å². The second-order valence-electron chi connectivity index (χ2n) is 7.86. The van der Waals surface area contributed by atoms with Crippen molar-refractivity contribution in [2.75, 3.05) is 6.61 Å². The number of aliphatic hydroxyl groups excluding tert-OH is 1. The Morgan fingerprint density at radius 3 is 2.71 bits per heavy atom. The summed E-state index contributed by atoms with van der Waals surface area (Å²) in [4.78, 5) is 0. The molecule has 2 fully saturated rings. The van der Waals surface area contributed by atoms with Gasteiger partial charge in [-0.3, -0.25) is 0 Å². The summed E-state index contributed by atoms with van der Waals surface area (Å²) in [7, 11) is 0. The Kier molecular flexibility index (Phi) is 4.82. The zero-order valence-corrected chi connectivity index (χ0v) is 14.1. The standard InChI is InChI=1S/C20H32O/c1-6-15(2)8-10-17-16(3)9-11-18-19(4,14-21)12-7-13-20(17,18)5/h6,8,17-18,21H,1,3,7,9-14H2,2,4-5H3/t17-,18-,19-,20+/m0/s1. The molecular weight excluding hydrogens is 256 g/mol. The lowest BCUT2D eigenvalue weighted by Crippen LogP contribution is -2.51. The zero-order valence-electron chi connectivity index (χ0n) is 14.1. The number of hydrogen-bond donors (Lipinski definition) is 1. The molecule has 0 saturated heterocycles. The minimum atomic E-state index is 0.100. The van der Waals surface area contributed by atoms with Gasteiger partial charge in [0.25, 0.3) is 0 Å². The fourth-order valence-corrected chi connectivity index (χ4v) is 5.10. The van der Waals surface area contributed by atoms with Crippen LogP contribution in [-0.2, 0) is 0 Å². The van der Waals surface area contributed by atoms with Crippen LogP contribution in [-0.4, -0.2) is 11.7 Å². The van der Waals surface area contributed by atoms with Crippen LogP contribution in [0, 0.1) is 22.7 Å². The molecule has 0 amide bonds. The Balaban J connectivity index is 2.31. The highest BCUT2D eigenvalue weighted by atomic mass is 16.3. The maximum atomic E-state index is 9.96. The first-order valence-electron chi connectivity index (χ1n) is 8.45. The van der Waals surface area contributed by atoms with Crippen molar-refractivity contribution in [1.82, 2.24) is 0 Å². The van der Waals surface area contributed by atoms with E-state index in [2.05, 4.69) is 40.0 Å². The average Bonchev–Trinajstić information content (AvgIpc) is 2.45. The first kappa shape index (κ1) is 16.5. The predicted molar refractivity (Wildman–Crippen MR) is 91.1 cm³/mol. The first-order chi connectivity index (χ1) is 9.87. The molecule has 2 aliphatic carbocycles. The molecule has 0 aromatic rings. The largest absolute Gasteiger partial charge is 0.396 e. The van der Waals surface area contributed by atoms with Gasteiger partial charge in [-0.05, 0) is 61.7 Å². The van der Waals surface area contributed by atoms with Gasteiger partial charge in [-0.25, -0.2) is 0 Å². The van der Waals surface area contributed by atoms with Crippen LogP contribution in [0.3, 0.4) is 0 Å². The third-order valence-electron chi connectivity index (χ3n) is 6.50. The second-order valence-corrected chi connectivity index (χ2v) is 7.86. The number of aliphatic hydroxyl groups is 1. The Labute approximate surface area is 130 Å². The Bertz CT molecular complexity index is 447. The van der Waals surface area contributed by atoms with Crippen molar-refractivity contribution >= 4 is 0 Å². The van der Waals surface area contributed by atoms with Gasteiger partial charge >= 0.3 is 0 Å². The summed E-state index contributed by atoms with van der Waals surface area (Å²) in [5.74, 6) is 1.18. The number of fused-ring (bicyclic) bond motifs is 1. The number of hydrogen-bond acceptors (Lipinski definition) is 1. The smallest absolute Gasteiger partial charge is 0.0487 e. The van der Waals surface area contributed by atoms with Crippen LogP contribution in [0.15, 0.2) is 36.5 Å². The van der Waals surface area contributed by atoms with Crippen LogP contribution in [0.25, 0.3) is 0 Å². The van der Waals surface area contributed by atoms with E-state index < -0.39 is 0 Å². The van der Waals surface area contributed by atoms with Gasteiger partial charge in [0.15, 0.2) is 0 Å². The lowest BCUT2D eigenvalue weighted by atomic mass is 9.47. The second kappa shape index (κ2) is 6.12. The molecular formula is C20H32O. The number of allylic oxidation sites excluding steroid dienone is 4. The highest BCUT2D eigenvalue weighted by Crippen LogP contribution is 2.61. The average molecular weight is 288 g/mol. The summed E-state index contributed by atoms with van der Waals surface area (Å²) < 4.78 is 0. The minimum absolute atomic E-state index is 0.100. The molecule has 2 saturated carbocycles. The van der Waals surface area contributed by atoms with Crippen molar-refractivity contribution in [3.8, 4) is 0 Å². The monoisotopic (exact) mass is 288 g/mol. The van der Waals surface area contributed by atoms with Crippen LogP contribution in [0.5, 0.6) is 0 Å². The Morgan fingerprint density at radius 1 is 1.38 bits per heavy atom. The molecule has 1 heteroatoms. The van der Waals surface area contributed by atoms with Gasteiger partial charge in [0.2, 0.25) is 0 Å². The summed E-state index contributed by atoms with van der Waals surface area (Å²) in [5, 5.41) is 9.96. The van der Waals surface area contributed by atoms with E-state index in [1.54, 1.807) is 0 Å². The van der Waals surface area contributed by atoms with Crippen molar-refractivity contribution in [3.05, 3.63) is 36.5 Å². The highest BCUT2D eigenvalue weighted by molar-refractivity contribution is 5.20.